The molecule has 0 saturated heterocycles. The van der Waals surface area contributed by atoms with Crippen molar-refractivity contribution in [2.24, 2.45) is 5.16 Å². The van der Waals surface area contributed by atoms with Crippen LogP contribution in [0.25, 0.3) is 23.1 Å². The van der Waals surface area contributed by atoms with Gasteiger partial charge in [0.1, 0.15) is 6.61 Å². The van der Waals surface area contributed by atoms with Crippen LogP contribution in [0.15, 0.2) is 84.0 Å². The Morgan fingerprint density at radius 3 is 2.69 bits per heavy atom. The molecule has 35 heavy (non-hydrogen) atoms. The highest BCUT2D eigenvalue weighted by Crippen LogP contribution is 2.20. The van der Waals surface area contributed by atoms with Gasteiger partial charge in [-0.1, -0.05) is 71.4 Å². The van der Waals surface area contributed by atoms with Crippen LogP contribution in [-0.4, -0.2) is 28.4 Å². The van der Waals surface area contributed by atoms with Crippen LogP contribution in [0, 0.1) is 0 Å². The van der Waals surface area contributed by atoms with E-state index in [0.29, 0.717) is 30.0 Å². The van der Waals surface area contributed by atoms with E-state index in [9.17, 15) is 9.90 Å². The summed E-state index contributed by atoms with van der Waals surface area (Å²) in [5.41, 5.74) is 5.43. The largest absolute Gasteiger partial charge is 0.478 e. The van der Waals surface area contributed by atoms with Crippen molar-refractivity contribution in [1.29, 1.82) is 0 Å². The first kappa shape index (κ1) is 24.2. The Bertz CT molecular complexity index is 1410. The fourth-order valence-corrected chi connectivity index (χ4v) is 3.95. The molecule has 4 aromatic rings. The molecule has 6 heteroatoms. The Kier molecular flexibility index (Phi) is 7.91. The molecule has 0 bridgehead atoms. The van der Waals surface area contributed by atoms with E-state index in [1.807, 2.05) is 85.8 Å². The Labute approximate surface area is 209 Å². The van der Waals surface area contributed by atoms with E-state index < -0.39 is 5.97 Å². The van der Waals surface area contributed by atoms with Crippen LogP contribution < -0.4 is 0 Å². The van der Waals surface area contributed by atoms with Crippen molar-refractivity contribution in [3.8, 4) is 0 Å². The summed E-state index contributed by atoms with van der Waals surface area (Å²) in [7, 11) is 0. The van der Waals surface area contributed by atoms with E-state index >= 15 is 0 Å². The lowest BCUT2D eigenvalue weighted by Gasteiger charge is -2.10. The van der Waals surface area contributed by atoms with E-state index in [2.05, 4.69) is 10.1 Å². The molecule has 0 aliphatic heterocycles. The number of nitrogens with zero attached hydrogens (tertiary/aromatic N) is 2. The molecular formula is C29H25ClN2O3. The van der Waals surface area contributed by atoms with Crippen LogP contribution in [0.5, 0.6) is 0 Å². The number of hydrogen-bond acceptors (Lipinski definition) is 4. The van der Waals surface area contributed by atoms with Gasteiger partial charge in [0.25, 0.3) is 0 Å². The average Bonchev–Trinajstić information content (AvgIpc) is 2.87. The third-order valence-electron chi connectivity index (χ3n) is 5.52. The second kappa shape index (κ2) is 11.4. The highest BCUT2D eigenvalue weighted by atomic mass is 35.5. The number of carboxylic acid groups (broad SMARTS) is 1. The Hall–Kier alpha value is -3.96. The number of halogens is 1. The molecule has 0 spiro atoms. The van der Waals surface area contributed by atoms with Gasteiger partial charge >= 0.3 is 5.97 Å². The summed E-state index contributed by atoms with van der Waals surface area (Å²) in [6, 6.07) is 24.7. The first-order chi connectivity index (χ1) is 17.0. The molecule has 0 aliphatic carbocycles. The molecule has 4 rings (SSSR count). The van der Waals surface area contributed by atoms with Crippen molar-refractivity contribution < 1.29 is 14.7 Å². The number of aromatic carboxylic acids is 1. The maximum atomic E-state index is 11.6. The van der Waals surface area contributed by atoms with Crippen LogP contribution in [0.3, 0.4) is 0 Å². The van der Waals surface area contributed by atoms with E-state index in [-0.39, 0.29) is 0 Å². The summed E-state index contributed by atoms with van der Waals surface area (Å²) in [4.78, 5) is 21.6. The van der Waals surface area contributed by atoms with Crippen molar-refractivity contribution in [2.45, 2.75) is 19.8 Å². The lowest BCUT2D eigenvalue weighted by atomic mass is 9.97. The number of carbonyl (C=O) groups is 1. The number of oxime groups is 1. The zero-order chi connectivity index (χ0) is 24.6. The predicted octanol–water partition coefficient (Wildman–Crippen LogP) is 7.13. The lowest BCUT2D eigenvalue weighted by Crippen LogP contribution is -2.08. The smallest absolute Gasteiger partial charge is 0.335 e. The first-order valence-electron chi connectivity index (χ1n) is 11.4. The molecule has 0 unspecified atom stereocenters. The maximum Gasteiger partial charge on any atom is 0.335 e. The van der Waals surface area contributed by atoms with E-state index in [0.717, 1.165) is 39.0 Å². The van der Waals surface area contributed by atoms with Gasteiger partial charge < -0.3 is 9.94 Å². The Morgan fingerprint density at radius 1 is 1.03 bits per heavy atom. The zero-order valence-electron chi connectivity index (χ0n) is 19.3. The van der Waals surface area contributed by atoms with Crippen molar-refractivity contribution in [2.75, 3.05) is 6.61 Å². The number of aryl methyl sites for hydroxylation is 1. The van der Waals surface area contributed by atoms with Gasteiger partial charge in [-0.3, -0.25) is 0 Å². The number of aromatic nitrogens is 1. The van der Waals surface area contributed by atoms with Crippen LogP contribution in [0.2, 0.25) is 5.02 Å². The summed E-state index contributed by atoms with van der Waals surface area (Å²) >= 11 is 6.11. The summed E-state index contributed by atoms with van der Waals surface area (Å²) in [5.74, 6) is -0.930. The van der Waals surface area contributed by atoms with Gasteiger partial charge in [-0.05, 0) is 72.9 Å². The number of rotatable bonds is 9. The van der Waals surface area contributed by atoms with E-state index in [1.165, 1.54) is 0 Å². The zero-order valence-corrected chi connectivity index (χ0v) is 20.1. The van der Waals surface area contributed by atoms with Crippen molar-refractivity contribution in [3.63, 3.8) is 0 Å². The molecule has 0 saturated carbocycles. The van der Waals surface area contributed by atoms with Crippen molar-refractivity contribution in [3.05, 3.63) is 112 Å². The predicted molar refractivity (Wildman–Crippen MR) is 142 cm³/mol. The summed E-state index contributed by atoms with van der Waals surface area (Å²) in [6.07, 6.45) is 5.05. The fraction of sp³-hybridized carbons (Fsp3) is 0.138. The van der Waals surface area contributed by atoms with Crippen molar-refractivity contribution in [1.82, 2.24) is 4.98 Å². The third kappa shape index (κ3) is 6.34. The SMILES string of the molecule is CCON=C(CCc1ccccc1C(=O)O)c1cccc(/C=C/c2ccc3ccc(Cl)cc3n2)c1. The molecule has 5 nitrogen and oxygen atoms in total. The van der Waals surface area contributed by atoms with Gasteiger partial charge in [0.2, 0.25) is 0 Å². The minimum atomic E-state index is -0.930. The molecule has 0 amide bonds. The molecular weight excluding hydrogens is 460 g/mol. The lowest BCUT2D eigenvalue weighted by molar-refractivity contribution is 0.0695. The second-order valence-electron chi connectivity index (χ2n) is 7.95. The molecule has 0 fully saturated rings. The molecule has 1 heterocycles. The number of benzene rings is 3. The minimum absolute atomic E-state index is 0.309. The average molecular weight is 485 g/mol. The first-order valence-corrected chi connectivity index (χ1v) is 11.8. The number of carboxylic acids is 1. The van der Waals surface area contributed by atoms with E-state index in [1.54, 1.807) is 12.1 Å². The molecule has 0 atom stereocenters. The van der Waals surface area contributed by atoms with Crippen LogP contribution in [-0.2, 0) is 11.3 Å². The monoisotopic (exact) mass is 484 g/mol. The summed E-state index contributed by atoms with van der Waals surface area (Å²) in [5, 5.41) is 15.5. The second-order valence-corrected chi connectivity index (χ2v) is 8.39. The topological polar surface area (TPSA) is 71.8 Å². The molecule has 176 valence electrons. The Morgan fingerprint density at radius 2 is 1.86 bits per heavy atom. The number of fused-ring (bicyclic) bond motifs is 1. The van der Waals surface area contributed by atoms with Crippen LogP contribution >= 0.6 is 11.6 Å². The molecule has 0 aliphatic rings. The number of pyridine rings is 1. The van der Waals surface area contributed by atoms with Crippen LogP contribution in [0.1, 0.15) is 46.1 Å². The van der Waals surface area contributed by atoms with Gasteiger partial charge in [-0.2, -0.15) is 0 Å². The van der Waals surface area contributed by atoms with Gasteiger partial charge in [0, 0.05) is 10.4 Å². The number of hydrogen-bond donors (Lipinski definition) is 1. The van der Waals surface area contributed by atoms with Gasteiger partial charge in [0.05, 0.1) is 22.5 Å². The third-order valence-corrected chi connectivity index (χ3v) is 5.76. The highest BCUT2D eigenvalue weighted by molar-refractivity contribution is 6.31. The van der Waals surface area contributed by atoms with Crippen LogP contribution in [0.4, 0.5) is 0 Å². The van der Waals surface area contributed by atoms with Gasteiger partial charge in [0.15, 0.2) is 0 Å². The fourth-order valence-electron chi connectivity index (χ4n) is 3.79. The van der Waals surface area contributed by atoms with Gasteiger partial charge in [-0.25, -0.2) is 9.78 Å². The molecule has 3 aromatic carbocycles. The molecule has 1 aromatic heterocycles. The van der Waals surface area contributed by atoms with Crippen molar-refractivity contribution >= 4 is 46.3 Å². The molecule has 0 radical (unpaired) electrons. The molecule has 1 N–H and O–H groups in total. The normalized spacial score (nSPS) is 11.8. The summed E-state index contributed by atoms with van der Waals surface area (Å²) in [6.45, 7) is 2.33. The minimum Gasteiger partial charge on any atom is -0.478 e. The highest BCUT2D eigenvalue weighted by Gasteiger charge is 2.12. The standard InChI is InChI=1S/C29H25ClN2O3/c1-2-35-32-27(17-13-21-7-3-4-9-26(21)29(33)34)23-8-5-6-20(18-23)10-15-25-16-12-22-11-14-24(30)19-28(22)31-25/h3-12,14-16,18-19H,2,13,17H2,1H3,(H,33,34)/b15-10+,32-27?. The Balaban J connectivity index is 1.55. The summed E-state index contributed by atoms with van der Waals surface area (Å²) < 4.78 is 0. The maximum absolute atomic E-state index is 11.6. The van der Waals surface area contributed by atoms with Gasteiger partial charge in [-0.15, -0.1) is 0 Å². The quantitative estimate of drug-likeness (QED) is 0.202. The van der Waals surface area contributed by atoms with E-state index in [4.69, 9.17) is 16.4 Å².